The highest BCUT2D eigenvalue weighted by Crippen LogP contribution is 2.10. The van der Waals surface area contributed by atoms with E-state index in [2.05, 4.69) is 5.32 Å². The maximum atomic E-state index is 11.3. The molecular formula is C12H17NO3S. The molecule has 0 aliphatic rings. The lowest BCUT2D eigenvalue weighted by Crippen LogP contribution is -2.34. The molecule has 0 aliphatic carbocycles. The van der Waals surface area contributed by atoms with Crippen LogP contribution in [0, 0.1) is 0 Å². The number of hydrogen-bond donors (Lipinski definition) is 3. The maximum absolute atomic E-state index is 11.3. The summed E-state index contributed by atoms with van der Waals surface area (Å²) in [6.45, 7) is -0.237. The van der Waals surface area contributed by atoms with Crippen molar-refractivity contribution in [1.29, 1.82) is 0 Å². The number of carbonyl (C=O) groups is 1. The molecule has 0 bridgehead atoms. The molecule has 1 aromatic rings. The lowest BCUT2D eigenvalue weighted by Gasteiger charge is -2.08. The van der Waals surface area contributed by atoms with Gasteiger partial charge in [0.2, 0.25) is 5.91 Å². The number of aliphatic hydroxyl groups excluding tert-OH is 2. The topological polar surface area (TPSA) is 69.6 Å². The van der Waals surface area contributed by atoms with Crippen LogP contribution in [0.25, 0.3) is 0 Å². The van der Waals surface area contributed by atoms with Gasteiger partial charge < -0.3 is 15.5 Å². The van der Waals surface area contributed by atoms with Gasteiger partial charge in [0.05, 0.1) is 18.5 Å². The Hall–Kier alpha value is -1.04. The normalized spacial score (nSPS) is 12.1. The smallest absolute Gasteiger partial charge is 0.230 e. The van der Waals surface area contributed by atoms with E-state index in [1.807, 2.05) is 30.3 Å². The van der Waals surface area contributed by atoms with Crippen LogP contribution in [0.2, 0.25) is 0 Å². The van der Waals surface area contributed by atoms with Gasteiger partial charge in [0.25, 0.3) is 0 Å². The Morgan fingerprint density at radius 3 is 2.71 bits per heavy atom. The van der Waals surface area contributed by atoms with E-state index in [0.29, 0.717) is 5.75 Å². The van der Waals surface area contributed by atoms with Gasteiger partial charge in [0.1, 0.15) is 0 Å². The first-order chi connectivity index (χ1) is 8.22. The van der Waals surface area contributed by atoms with Crippen LogP contribution in [-0.4, -0.2) is 41.1 Å². The molecule has 0 aliphatic heterocycles. The average Bonchev–Trinajstić information content (AvgIpc) is 2.37. The minimum atomic E-state index is -0.877. The summed E-state index contributed by atoms with van der Waals surface area (Å²) in [6, 6.07) is 9.92. The molecule has 17 heavy (non-hydrogen) atoms. The Kier molecular flexibility index (Phi) is 6.69. The number of thioether (sulfide) groups is 1. The molecule has 5 heteroatoms. The summed E-state index contributed by atoms with van der Waals surface area (Å²) < 4.78 is 0. The third-order valence-electron chi connectivity index (χ3n) is 2.09. The second-order valence-corrected chi connectivity index (χ2v) is 4.60. The van der Waals surface area contributed by atoms with E-state index in [9.17, 15) is 4.79 Å². The summed E-state index contributed by atoms with van der Waals surface area (Å²) in [5.74, 6) is 1.02. The zero-order valence-electron chi connectivity index (χ0n) is 9.50. The number of hydrogen-bond acceptors (Lipinski definition) is 4. The first kappa shape index (κ1) is 14.0. The Labute approximate surface area is 105 Å². The van der Waals surface area contributed by atoms with Crippen LogP contribution in [0.3, 0.4) is 0 Å². The lowest BCUT2D eigenvalue weighted by atomic mass is 10.2. The van der Waals surface area contributed by atoms with Crippen molar-refractivity contribution in [3.8, 4) is 0 Å². The molecule has 1 atom stereocenters. The summed E-state index contributed by atoms with van der Waals surface area (Å²) in [7, 11) is 0. The molecule has 0 fully saturated rings. The Morgan fingerprint density at radius 2 is 2.06 bits per heavy atom. The van der Waals surface area contributed by atoms with Gasteiger partial charge in [-0.1, -0.05) is 30.3 Å². The van der Waals surface area contributed by atoms with E-state index < -0.39 is 6.10 Å². The molecule has 0 aromatic heterocycles. The quantitative estimate of drug-likeness (QED) is 0.659. The van der Waals surface area contributed by atoms with Gasteiger partial charge in [0.15, 0.2) is 0 Å². The summed E-state index contributed by atoms with van der Waals surface area (Å²) in [5.41, 5.74) is 1.18. The standard InChI is InChI=1S/C12H17NO3S/c14-7-11(15)6-13-12(16)9-17-8-10-4-2-1-3-5-10/h1-5,11,14-15H,6-9H2,(H,13,16). The molecule has 0 saturated heterocycles. The first-order valence-corrected chi connectivity index (χ1v) is 6.55. The second kappa shape index (κ2) is 8.11. The molecule has 94 valence electrons. The molecule has 4 nitrogen and oxygen atoms in total. The fourth-order valence-corrected chi connectivity index (χ4v) is 2.00. The highest BCUT2D eigenvalue weighted by atomic mass is 32.2. The third-order valence-corrected chi connectivity index (χ3v) is 3.09. The predicted molar refractivity (Wildman–Crippen MR) is 68.7 cm³/mol. The van der Waals surface area contributed by atoms with Crippen LogP contribution >= 0.6 is 11.8 Å². The number of benzene rings is 1. The van der Waals surface area contributed by atoms with Gasteiger partial charge in [-0.05, 0) is 5.56 Å². The molecule has 0 saturated carbocycles. The summed E-state index contributed by atoms with van der Waals surface area (Å²) in [4.78, 5) is 11.3. The first-order valence-electron chi connectivity index (χ1n) is 5.39. The highest BCUT2D eigenvalue weighted by molar-refractivity contribution is 7.99. The van der Waals surface area contributed by atoms with Gasteiger partial charge in [-0.15, -0.1) is 11.8 Å². The van der Waals surface area contributed by atoms with Crippen molar-refractivity contribution in [3.05, 3.63) is 35.9 Å². The number of aliphatic hydroxyl groups is 2. The van der Waals surface area contributed by atoms with Crippen LogP contribution in [0.5, 0.6) is 0 Å². The number of amides is 1. The van der Waals surface area contributed by atoms with E-state index >= 15 is 0 Å². The predicted octanol–water partition coefficient (Wildman–Crippen LogP) is 0.389. The largest absolute Gasteiger partial charge is 0.394 e. The lowest BCUT2D eigenvalue weighted by molar-refractivity contribution is -0.119. The van der Waals surface area contributed by atoms with Crippen molar-refractivity contribution >= 4 is 17.7 Å². The maximum Gasteiger partial charge on any atom is 0.230 e. The van der Waals surface area contributed by atoms with Gasteiger partial charge in [-0.25, -0.2) is 0 Å². The number of nitrogens with one attached hydrogen (secondary N) is 1. The van der Waals surface area contributed by atoms with Gasteiger partial charge in [0, 0.05) is 12.3 Å². The third kappa shape index (κ3) is 6.31. The van der Waals surface area contributed by atoms with Crippen LogP contribution in [0.1, 0.15) is 5.56 Å². The minimum absolute atomic E-state index is 0.0984. The molecule has 1 amide bonds. The Bertz CT molecular complexity index is 332. The Balaban J connectivity index is 2.12. The molecule has 1 unspecified atom stereocenters. The van der Waals surface area contributed by atoms with E-state index in [1.165, 1.54) is 17.3 Å². The second-order valence-electron chi connectivity index (χ2n) is 3.62. The van der Waals surface area contributed by atoms with Crippen molar-refractivity contribution in [2.45, 2.75) is 11.9 Å². The van der Waals surface area contributed by atoms with E-state index in [-0.39, 0.29) is 19.1 Å². The zero-order chi connectivity index (χ0) is 12.5. The Morgan fingerprint density at radius 1 is 1.35 bits per heavy atom. The number of carbonyl (C=O) groups excluding carboxylic acids is 1. The SMILES string of the molecule is O=C(CSCc1ccccc1)NCC(O)CO. The van der Waals surface area contributed by atoms with E-state index in [1.54, 1.807) is 0 Å². The van der Waals surface area contributed by atoms with Crippen LogP contribution in [-0.2, 0) is 10.5 Å². The van der Waals surface area contributed by atoms with Gasteiger partial charge in [-0.3, -0.25) is 4.79 Å². The molecule has 0 heterocycles. The fraction of sp³-hybridized carbons (Fsp3) is 0.417. The highest BCUT2D eigenvalue weighted by Gasteiger charge is 2.05. The van der Waals surface area contributed by atoms with Gasteiger partial charge in [-0.2, -0.15) is 0 Å². The van der Waals surface area contributed by atoms with Gasteiger partial charge >= 0.3 is 0 Å². The molecular weight excluding hydrogens is 238 g/mol. The van der Waals surface area contributed by atoms with Crippen molar-refractivity contribution in [2.24, 2.45) is 0 Å². The molecule has 0 spiro atoms. The van der Waals surface area contributed by atoms with Crippen molar-refractivity contribution in [1.82, 2.24) is 5.32 Å². The van der Waals surface area contributed by atoms with Crippen LogP contribution in [0.15, 0.2) is 30.3 Å². The average molecular weight is 255 g/mol. The van der Waals surface area contributed by atoms with Crippen LogP contribution < -0.4 is 5.32 Å². The minimum Gasteiger partial charge on any atom is -0.394 e. The zero-order valence-corrected chi connectivity index (χ0v) is 10.3. The molecule has 0 radical (unpaired) electrons. The fourth-order valence-electron chi connectivity index (χ4n) is 1.18. The molecule has 1 rings (SSSR count). The van der Waals surface area contributed by atoms with Crippen molar-refractivity contribution in [3.63, 3.8) is 0 Å². The van der Waals surface area contributed by atoms with E-state index in [0.717, 1.165) is 5.75 Å². The monoisotopic (exact) mass is 255 g/mol. The van der Waals surface area contributed by atoms with Crippen molar-refractivity contribution in [2.75, 3.05) is 18.9 Å². The number of rotatable bonds is 7. The molecule has 1 aromatic carbocycles. The van der Waals surface area contributed by atoms with Crippen molar-refractivity contribution < 1.29 is 15.0 Å². The van der Waals surface area contributed by atoms with E-state index in [4.69, 9.17) is 10.2 Å². The summed E-state index contributed by atoms with van der Waals surface area (Å²) in [6.07, 6.45) is -0.877. The summed E-state index contributed by atoms with van der Waals surface area (Å²) >= 11 is 1.52. The molecule has 3 N–H and O–H groups in total. The summed E-state index contributed by atoms with van der Waals surface area (Å²) in [5, 5.41) is 20.2. The van der Waals surface area contributed by atoms with Crippen LogP contribution in [0.4, 0.5) is 0 Å².